The molecule has 2 aromatic carbocycles. The van der Waals surface area contributed by atoms with E-state index in [2.05, 4.69) is 0 Å². The number of rotatable bonds is 10. The maximum Gasteiger partial charge on any atom is 0.243 e. The molecule has 0 spiro atoms. The van der Waals surface area contributed by atoms with Crippen LogP contribution in [0.4, 0.5) is 0 Å². The largest absolute Gasteiger partial charge is 0.497 e. The van der Waals surface area contributed by atoms with Crippen molar-refractivity contribution in [2.24, 2.45) is 5.92 Å². The summed E-state index contributed by atoms with van der Waals surface area (Å²) < 4.78 is 39.8. The second-order valence-electron chi connectivity index (χ2n) is 9.65. The predicted molar refractivity (Wildman–Crippen MR) is 146 cm³/mol. The molecule has 1 aliphatic rings. The zero-order valence-corrected chi connectivity index (χ0v) is 23.3. The van der Waals surface area contributed by atoms with Crippen LogP contribution in [0.5, 0.6) is 11.5 Å². The maximum atomic E-state index is 13.7. The number of fused-ring (bicyclic) bond motifs is 1. The van der Waals surface area contributed by atoms with Crippen LogP contribution in [0.15, 0.2) is 64.9 Å². The van der Waals surface area contributed by atoms with Crippen molar-refractivity contribution in [3.63, 3.8) is 0 Å². The highest BCUT2D eigenvalue weighted by molar-refractivity contribution is 7.89. The first-order valence-corrected chi connectivity index (χ1v) is 14.7. The number of aryl methyl sites for hydroxylation is 1. The standard InChI is InChI=1S/C28H34N2O5S2/c1-20(2)17-29(37(32,33)24-10-8-21(3)9-11-24)18-28(31)30-14-12-27-25(13-15-36-27)26(30)19-35-23-7-5-6-22(16-23)34-4/h5-11,13,15-16,20,26H,12,14,17-19H2,1-4H3. The highest BCUT2D eigenvalue weighted by Gasteiger charge is 2.35. The van der Waals surface area contributed by atoms with Crippen LogP contribution in [-0.4, -0.2) is 56.9 Å². The Hall–Kier alpha value is -2.88. The van der Waals surface area contributed by atoms with Gasteiger partial charge in [0.2, 0.25) is 15.9 Å². The van der Waals surface area contributed by atoms with Gasteiger partial charge in [-0.2, -0.15) is 4.31 Å². The third-order valence-electron chi connectivity index (χ3n) is 6.40. The number of methoxy groups -OCH3 is 1. The number of carbonyl (C=O) groups excluding carboxylic acids is 1. The third kappa shape index (κ3) is 6.34. The molecule has 3 aromatic rings. The van der Waals surface area contributed by atoms with Gasteiger partial charge in [0.15, 0.2) is 0 Å². The Labute approximate surface area is 223 Å². The molecule has 0 saturated heterocycles. The second-order valence-corrected chi connectivity index (χ2v) is 12.6. The molecule has 0 fully saturated rings. The Kier molecular flexibility index (Phi) is 8.56. The number of nitrogens with zero attached hydrogens (tertiary/aromatic N) is 2. The van der Waals surface area contributed by atoms with E-state index in [9.17, 15) is 13.2 Å². The van der Waals surface area contributed by atoms with Gasteiger partial charge in [-0.3, -0.25) is 4.79 Å². The van der Waals surface area contributed by atoms with Gasteiger partial charge < -0.3 is 14.4 Å². The van der Waals surface area contributed by atoms with Crippen LogP contribution in [0.25, 0.3) is 0 Å². The number of hydrogen-bond donors (Lipinski definition) is 0. The van der Waals surface area contributed by atoms with Crippen LogP contribution >= 0.6 is 11.3 Å². The van der Waals surface area contributed by atoms with E-state index in [0.29, 0.717) is 18.0 Å². The zero-order chi connectivity index (χ0) is 26.6. The second kappa shape index (κ2) is 11.7. The van der Waals surface area contributed by atoms with Crippen molar-refractivity contribution in [2.45, 2.75) is 38.1 Å². The fourth-order valence-electron chi connectivity index (χ4n) is 4.50. The molecular weight excluding hydrogens is 508 g/mol. The monoisotopic (exact) mass is 542 g/mol. The van der Waals surface area contributed by atoms with E-state index in [1.54, 1.807) is 47.6 Å². The summed E-state index contributed by atoms with van der Waals surface area (Å²) in [6, 6.07) is 15.8. The first-order valence-electron chi connectivity index (χ1n) is 12.4. The van der Waals surface area contributed by atoms with Gasteiger partial charge in [0, 0.05) is 24.0 Å². The zero-order valence-electron chi connectivity index (χ0n) is 21.7. The van der Waals surface area contributed by atoms with E-state index in [1.165, 1.54) is 9.18 Å². The molecular formula is C28H34N2O5S2. The highest BCUT2D eigenvalue weighted by Crippen LogP contribution is 2.34. The molecule has 0 N–H and O–H groups in total. The molecule has 9 heteroatoms. The average Bonchev–Trinajstić information content (AvgIpc) is 3.36. The van der Waals surface area contributed by atoms with E-state index >= 15 is 0 Å². The molecule has 1 atom stereocenters. The highest BCUT2D eigenvalue weighted by atomic mass is 32.2. The minimum Gasteiger partial charge on any atom is -0.497 e. The summed E-state index contributed by atoms with van der Waals surface area (Å²) in [6.07, 6.45) is 0.739. The lowest BCUT2D eigenvalue weighted by Gasteiger charge is -2.37. The number of sulfonamides is 1. The summed E-state index contributed by atoms with van der Waals surface area (Å²) in [5.74, 6) is 1.17. The lowest BCUT2D eigenvalue weighted by molar-refractivity contribution is -0.135. The quantitative estimate of drug-likeness (QED) is 0.364. The van der Waals surface area contributed by atoms with Crippen LogP contribution in [0.1, 0.15) is 35.9 Å². The number of benzene rings is 2. The molecule has 1 aliphatic heterocycles. The molecule has 0 aliphatic carbocycles. The summed E-state index contributed by atoms with van der Waals surface area (Å²) >= 11 is 1.68. The van der Waals surface area contributed by atoms with Gasteiger partial charge in [-0.1, -0.05) is 37.6 Å². The lowest BCUT2D eigenvalue weighted by atomic mass is 10.0. The van der Waals surface area contributed by atoms with Gasteiger partial charge in [0.25, 0.3) is 0 Å². The molecule has 0 radical (unpaired) electrons. The van der Waals surface area contributed by atoms with Gasteiger partial charge >= 0.3 is 0 Å². The molecule has 1 aromatic heterocycles. The van der Waals surface area contributed by atoms with E-state index in [0.717, 1.165) is 17.5 Å². The number of carbonyl (C=O) groups is 1. The molecule has 4 rings (SSSR count). The fourth-order valence-corrected chi connectivity index (χ4v) is 6.98. The summed E-state index contributed by atoms with van der Waals surface area (Å²) in [5.41, 5.74) is 2.04. The van der Waals surface area contributed by atoms with Crippen LogP contribution in [0, 0.1) is 12.8 Å². The molecule has 7 nitrogen and oxygen atoms in total. The van der Waals surface area contributed by atoms with Gasteiger partial charge in [-0.25, -0.2) is 8.42 Å². The third-order valence-corrected chi connectivity index (χ3v) is 9.23. The normalized spacial score (nSPS) is 15.6. The average molecular weight is 543 g/mol. The van der Waals surface area contributed by atoms with Gasteiger partial charge in [-0.05, 0) is 60.5 Å². The van der Waals surface area contributed by atoms with Crippen LogP contribution in [-0.2, 0) is 21.2 Å². The van der Waals surface area contributed by atoms with Gasteiger partial charge in [0.05, 0.1) is 24.6 Å². The smallest absolute Gasteiger partial charge is 0.243 e. The van der Waals surface area contributed by atoms with Crippen LogP contribution in [0.2, 0.25) is 0 Å². The van der Waals surface area contributed by atoms with Crippen molar-refractivity contribution in [1.29, 1.82) is 0 Å². The van der Waals surface area contributed by atoms with Crippen molar-refractivity contribution in [3.05, 3.63) is 76.0 Å². The van der Waals surface area contributed by atoms with Crippen molar-refractivity contribution in [1.82, 2.24) is 9.21 Å². The molecule has 37 heavy (non-hydrogen) atoms. The van der Waals surface area contributed by atoms with Crippen molar-refractivity contribution >= 4 is 27.3 Å². The van der Waals surface area contributed by atoms with Crippen molar-refractivity contribution < 1.29 is 22.7 Å². The Bertz CT molecular complexity index is 1320. The first-order chi connectivity index (χ1) is 17.7. The van der Waals surface area contributed by atoms with E-state index in [4.69, 9.17) is 9.47 Å². The Balaban J connectivity index is 1.57. The molecule has 0 saturated carbocycles. The van der Waals surface area contributed by atoms with Crippen molar-refractivity contribution in [2.75, 3.05) is 33.4 Å². The minimum atomic E-state index is -3.83. The topological polar surface area (TPSA) is 76.2 Å². The molecule has 0 bridgehead atoms. The summed E-state index contributed by atoms with van der Waals surface area (Å²) in [5, 5.41) is 2.03. The first kappa shape index (κ1) is 27.2. The minimum absolute atomic E-state index is 0.0602. The number of amides is 1. The fraction of sp³-hybridized carbons (Fsp3) is 0.393. The summed E-state index contributed by atoms with van der Waals surface area (Å²) in [4.78, 5) is 16.9. The molecule has 198 valence electrons. The van der Waals surface area contributed by atoms with Crippen LogP contribution in [0.3, 0.4) is 0 Å². The summed E-state index contributed by atoms with van der Waals surface area (Å²) in [7, 11) is -2.23. The van der Waals surface area contributed by atoms with Gasteiger partial charge in [0.1, 0.15) is 18.1 Å². The Morgan fingerprint density at radius 2 is 1.86 bits per heavy atom. The molecule has 2 heterocycles. The maximum absolute atomic E-state index is 13.7. The Morgan fingerprint density at radius 1 is 1.14 bits per heavy atom. The lowest BCUT2D eigenvalue weighted by Crippen LogP contribution is -2.48. The number of thiophene rings is 1. The van der Waals surface area contributed by atoms with Crippen LogP contribution < -0.4 is 9.47 Å². The molecule has 1 unspecified atom stereocenters. The van der Waals surface area contributed by atoms with E-state index in [1.807, 2.05) is 56.5 Å². The number of hydrogen-bond acceptors (Lipinski definition) is 6. The van der Waals surface area contributed by atoms with Gasteiger partial charge in [-0.15, -0.1) is 11.3 Å². The van der Waals surface area contributed by atoms with Crippen molar-refractivity contribution in [3.8, 4) is 11.5 Å². The Morgan fingerprint density at radius 3 is 2.57 bits per heavy atom. The SMILES string of the molecule is COc1cccc(OCC2c3ccsc3CCN2C(=O)CN(CC(C)C)S(=O)(=O)c2ccc(C)cc2)c1. The molecule has 1 amide bonds. The number of ether oxygens (including phenoxy) is 2. The van der Waals surface area contributed by atoms with E-state index in [-0.39, 0.29) is 42.5 Å². The predicted octanol–water partition coefficient (Wildman–Crippen LogP) is 4.92. The summed E-state index contributed by atoms with van der Waals surface area (Å²) in [6.45, 7) is 6.62. The van der Waals surface area contributed by atoms with E-state index < -0.39 is 10.0 Å².